The van der Waals surface area contributed by atoms with Gasteiger partial charge in [0.1, 0.15) is 11.9 Å². The van der Waals surface area contributed by atoms with E-state index in [1.807, 2.05) is 49.4 Å². The van der Waals surface area contributed by atoms with Gasteiger partial charge in [0.2, 0.25) is 11.8 Å². The van der Waals surface area contributed by atoms with Crippen molar-refractivity contribution in [2.75, 3.05) is 26.1 Å². The second-order valence-electron chi connectivity index (χ2n) is 9.58. The van der Waals surface area contributed by atoms with E-state index in [1.54, 1.807) is 18.1 Å². The third kappa shape index (κ3) is 7.63. The van der Waals surface area contributed by atoms with Crippen molar-refractivity contribution in [3.8, 4) is 11.5 Å². The molecule has 196 valence electrons. The van der Waals surface area contributed by atoms with Crippen LogP contribution < -0.4 is 14.8 Å². The van der Waals surface area contributed by atoms with E-state index in [9.17, 15) is 9.59 Å². The predicted molar refractivity (Wildman–Crippen MR) is 144 cm³/mol. The molecular weight excluding hydrogens is 476 g/mol. The molecular formula is C29H39ClN2O4. The van der Waals surface area contributed by atoms with Gasteiger partial charge in [0.05, 0.1) is 13.7 Å². The average Bonchev–Trinajstić information content (AvgIpc) is 2.91. The number of alkyl halides is 1. The highest BCUT2D eigenvalue weighted by atomic mass is 35.5. The molecule has 3 rings (SSSR count). The molecule has 1 atom stereocenters. The highest BCUT2D eigenvalue weighted by Crippen LogP contribution is 2.33. The number of nitrogens with zero attached hydrogens (tertiary/aromatic N) is 1. The summed E-state index contributed by atoms with van der Waals surface area (Å²) >= 11 is 6.05. The fraction of sp³-hybridized carbons (Fsp3) is 0.517. The molecule has 1 fully saturated rings. The van der Waals surface area contributed by atoms with E-state index in [-0.39, 0.29) is 23.7 Å². The summed E-state index contributed by atoms with van der Waals surface area (Å²) in [6, 6.07) is 14.7. The molecule has 7 heteroatoms. The van der Waals surface area contributed by atoms with Crippen molar-refractivity contribution in [1.29, 1.82) is 0 Å². The van der Waals surface area contributed by atoms with Crippen LogP contribution in [0.3, 0.4) is 0 Å². The number of benzene rings is 2. The molecule has 0 heterocycles. The van der Waals surface area contributed by atoms with Crippen LogP contribution in [-0.2, 0) is 16.0 Å². The number of amides is 2. The zero-order chi connectivity index (χ0) is 25.9. The summed E-state index contributed by atoms with van der Waals surface area (Å²) in [4.78, 5) is 28.5. The normalized spacial score (nSPS) is 18.2. The maximum atomic E-state index is 13.8. The number of halogens is 1. The lowest BCUT2D eigenvalue weighted by Gasteiger charge is -2.34. The van der Waals surface area contributed by atoms with E-state index in [2.05, 4.69) is 12.2 Å². The maximum Gasteiger partial charge on any atom is 0.247 e. The summed E-state index contributed by atoms with van der Waals surface area (Å²) < 4.78 is 11.4. The van der Waals surface area contributed by atoms with Gasteiger partial charge in [-0.25, -0.2) is 0 Å². The molecule has 1 N–H and O–H groups in total. The molecule has 1 unspecified atom stereocenters. The summed E-state index contributed by atoms with van der Waals surface area (Å²) in [6.07, 6.45) is 5.55. The number of carbonyl (C=O) groups is 2. The van der Waals surface area contributed by atoms with Crippen molar-refractivity contribution >= 4 is 23.4 Å². The Bertz CT molecular complexity index is 976. The number of ether oxygens (including phenoxy) is 2. The van der Waals surface area contributed by atoms with Gasteiger partial charge in [-0.15, -0.1) is 11.6 Å². The lowest BCUT2D eigenvalue weighted by atomic mass is 9.87. The van der Waals surface area contributed by atoms with Crippen molar-refractivity contribution in [3.05, 3.63) is 59.7 Å². The van der Waals surface area contributed by atoms with Crippen molar-refractivity contribution in [2.24, 2.45) is 5.92 Å². The molecule has 0 bridgehead atoms. The van der Waals surface area contributed by atoms with Gasteiger partial charge in [0, 0.05) is 12.6 Å². The first-order valence-electron chi connectivity index (χ1n) is 13.0. The van der Waals surface area contributed by atoms with Crippen LogP contribution in [-0.4, -0.2) is 48.9 Å². The molecule has 6 nitrogen and oxygen atoms in total. The standard InChI is InChI=1S/C29H39ClN2O4/c1-4-18-36-25-15-12-23(19-26(25)35-3)28(29(34)31-24-13-10-21(2)11-14-24)32(27(33)20-30)17-16-22-8-6-5-7-9-22/h5-9,12,15,19,21,24,28H,4,10-11,13-14,16-18,20H2,1-3H3,(H,31,34). The van der Waals surface area contributed by atoms with E-state index in [0.717, 1.165) is 37.7 Å². The van der Waals surface area contributed by atoms with Crippen LogP contribution >= 0.6 is 11.6 Å². The number of hydrogen-bond acceptors (Lipinski definition) is 4. The van der Waals surface area contributed by atoms with E-state index in [4.69, 9.17) is 21.1 Å². The summed E-state index contributed by atoms with van der Waals surface area (Å²) in [6.45, 7) is 5.22. The molecule has 0 aliphatic heterocycles. The first kappa shape index (κ1) is 27.9. The Morgan fingerprint density at radius 1 is 1.08 bits per heavy atom. The highest BCUT2D eigenvalue weighted by Gasteiger charge is 2.33. The lowest BCUT2D eigenvalue weighted by Crippen LogP contribution is -2.48. The molecule has 0 aromatic heterocycles. The molecule has 2 amide bonds. The SMILES string of the molecule is CCCOc1ccc(C(C(=O)NC2CCC(C)CC2)N(CCc2ccccc2)C(=O)CCl)cc1OC. The van der Waals surface area contributed by atoms with Gasteiger partial charge in [0.25, 0.3) is 0 Å². The monoisotopic (exact) mass is 514 g/mol. The summed E-state index contributed by atoms with van der Waals surface area (Å²) in [7, 11) is 1.58. The smallest absolute Gasteiger partial charge is 0.247 e. The first-order chi connectivity index (χ1) is 17.5. The molecule has 0 radical (unpaired) electrons. The van der Waals surface area contributed by atoms with Crippen LogP contribution in [0.25, 0.3) is 0 Å². The van der Waals surface area contributed by atoms with E-state index < -0.39 is 6.04 Å². The van der Waals surface area contributed by atoms with Crippen molar-refractivity contribution in [2.45, 2.75) is 64.5 Å². The molecule has 0 saturated heterocycles. The molecule has 2 aromatic rings. The quantitative estimate of drug-likeness (QED) is 0.378. The second-order valence-corrected chi connectivity index (χ2v) is 9.85. The third-order valence-corrected chi connectivity index (χ3v) is 7.03. The van der Waals surface area contributed by atoms with Crippen LogP contribution in [0.5, 0.6) is 11.5 Å². The number of carbonyl (C=O) groups excluding carboxylic acids is 2. The van der Waals surface area contributed by atoms with Gasteiger partial charge >= 0.3 is 0 Å². The van der Waals surface area contributed by atoms with Crippen LogP contribution in [0.2, 0.25) is 0 Å². The van der Waals surface area contributed by atoms with Crippen LogP contribution in [0.15, 0.2) is 48.5 Å². The summed E-state index contributed by atoms with van der Waals surface area (Å²) in [5.41, 5.74) is 1.76. The van der Waals surface area contributed by atoms with Crippen molar-refractivity contribution < 1.29 is 19.1 Å². The lowest BCUT2D eigenvalue weighted by molar-refractivity contribution is -0.139. The third-order valence-electron chi connectivity index (χ3n) is 6.81. The second kappa shape index (κ2) is 14.1. The maximum absolute atomic E-state index is 13.8. The van der Waals surface area contributed by atoms with E-state index in [1.165, 1.54) is 0 Å². The minimum Gasteiger partial charge on any atom is -0.493 e. The Kier molecular flexibility index (Phi) is 10.9. The zero-order valence-corrected chi connectivity index (χ0v) is 22.4. The number of nitrogens with one attached hydrogen (secondary N) is 1. The largest absolute Gasteiger partial charge is 0.493 e. The molecule has 1 aliphatic rings. The van der Waals surface area contributed by atoms with Gasteiger partial charge in [-0.05, 0) is 67.7 Å². The molecule has 36 heavy (non-hydrogen) atoms. The first-order valence-corrected chi connectivity index (χ1v) is 13.5. The Labute approximate surface area is 220 Å². The molecule has 0 spiro atoms. The minimum atomic E-state index is -0.826. The Morgan fingerprint density at radius 2 is 1.81 bits per heavy atom. The summed E-state index contributed by atoms with van der Waals surface area (Å²) in [5.74, 6) is 1.15. The van der Waals surface area contributed by atoms with Gasteiger partial charge in [0.15, 0.2) is 11.5 Å². The average molecular weight is 515 g/mol. The zero-order valence-electron chi connectivity index (χ0n) is 21.7. The molecule has 1 saturated carbocycles. The van der Waals surface area contributed by atoms with Crippen molar-refractivity contribution in [1.82, 2.24) is 10.2 Å². The Hall–Kier alpha value is -2.73. The van der Waals surface area contributed by atoms with E-state index >= 15 is 0 Å². The fourth-order valence-corrected chi connectivity index (χ4v) is 4.87. The van der Waals surface area contributed by atoms with Crippen LogP contribution in [0.1, 0.15) is 63.1 Å². The molecule has 1 aliphatic carbocycles. The Balaban J connectivity index is 1.93. The minimum absolute atomic E-state index is 0.104. The van der Waals surface area contributed by atoms with Gasteiger partial charge in [-0.3, -0.25) is 9.59 Å². The van der Waals surface area contributed by atoms with Crippen LogP contribution in [0.4, 0.5) is 0 Å². The molecule has 2 aromatic carbocycles. The van der Waals surface area contributed by atoms with Gasteiger partial charge in [-0.1, -0.05) is 50.2 Å². The number of hydrogen-bond donors (Lipinski definition) is 1. The Morgan fingerprint density at radius 3 is 2.44 bits per heavy atom. The van der Waals surface area contributed by atoms with Crippen LogP contribution in [0, 0.1) is 5.92 Å². The number of methoxy groups -OCH3 is 1. The predicted octanol–water partition coefficient (Wildman–Crippen LogP) is 5.53. The fourth-order valence-electron chi connectivity index (χ4n) is 4.71. The highest BCUT2D eigenvalue weighted by molar-refractivity contribution is 6.27. The number of rotatable bonds is 12. The van der Waals surface area contributed by atoms with Gasteiger partial charge < -0.3 is 19.7 Å². The van der Waals surface area contributed by atoms with Gasteiger partial charge in [-0.2, -0.15) is 0 Å². The van der Waals surface area contributed by atoms with Crippen molar-refractivity contribution in [3.63, 3.8) is 0 Å². The summed E-state index contributed by atoms with van der Waals surface area (Å²) in [5, 5.41) is 3.23. The van der Waals surface area contributed by atoms with E-state index in [0.29, 0.717) is 42.6 Å². The topological polar surface area (TPSA) is 67.9 Å².